The standard InChI is InChI=1S/C38H42N4O5/c1-2-3-4-7-29(43)20-30(44)12-8-24-9-15-35-36(17-24)47-38-25(6-5-16-46-35)11-14-34(45)31-13-10-26(37(39)40)18-27(31)19-28-21-41-33-23-42(38)22-32(28)33/h9-10,13,15,17-18,21,23,25,29,34,37-38,43,45H,2-4,6-8,12,19-20,22,39-40H2,1H3/t25-,29+,34+,38+/m0/s1. The molecule has 0 saturated heterocycles. The molecule has 4 aliphatic heterocycles. The van der Waals surface area contributed by atoms with Gasteiger partial charge in [-0.1, -0.05) is 68.2 Å². The highest BCUT2D eigenvalue weighted by Crippen LogP contribution is 2.38. The van der Waals surface area contributed by atoms with Crippen LogP contribution in [-0.2, 0) is 17.6 Å². The van der Waals surface area contributed by atoms with Crippen molar-refractivity contribution in [2.45, 2.75) is 89.3 Å². The lowest BCUT2D eigenvalue weighted by Gasteiger charge is -2.32. The average Bonchev–Trinajstić information content (AvgIpc) is 3.65. The lowest BCUT2D eigenvalue weighted by Crippen LogP contribution is -2.41. The number of hydrogen-bond acceptors (Lipinski definition) is 9. The lowest BCUT2D eigenvalue weighted by molar-refractivity contribution is -0.121. The summed E-state index contributed by atoms with van der Waals surface area (Å²) in [6, 6.07) is 11.2. The second kappa shape index (κ2) is 14.6. The van der Waals surface area contributed by atoms with Crippen molar-refractivity contribution in [1.82, 2.24) is 4.90 Å². The van der Waals surface area contributed by atoms with E-state index in [1.165, 1.54) is 0 Å². The van der Waals surface area contributed by atoms with Gasteiger partial charge in [-0.05, 0) is 59.2 Å². The Morgan fingerprint density at radius 1 is 1.15 bits per heavy atom. The lowest BCUT2D eigenvalue weighted by atomic mass is 9.92. The third-order valence-electron chi connectivity index (χ3n) is 9.10. The topological polar surface area (TPSA) is 144 Å². The molecule has 0 spiro atoms. The SMILES string of the molecule is CCCCC[C@@H](O)CC(=O)CCc1ccc2c(c1)O[C@@H]1[C@H](C#C[C@@H](O)c3ccc(C(N)N)cc3CC3=C4CN1C=C4N=C3)CC#CO2. The number of aryl methyl sites for hydroxylation is 1. The van der Waals surface area contributed by atoms with Crippen molar-refractivity contribution in [1.29, 1.82) is 0 Å². The van der Waals surface area contributed by atoms with E-state index in [4.69, 9.17) is 25.9 Å². The summed E-state index contributed by atoms with van der Waals surface area (Å²) < 4.78 is 12.5. The van der Waals surface area contributed by atoms with Gasteiger partial charge >= 0.3 is 0 Å². The number of ether oxygens (including phenoxy) is 2. The molecular formula is C38H42N4O5. The summed E-state index contributed by atoms with van der Waals surface area (Å²) in [6.45, 7) is 2.69. The molecule has 4 heterocycles. The summed E-state index contributed by atoms with van der Waals surface area (Å²) in [5, 5.41) is 21.6. The molecule has 9 nitrogen and oxygen atoms in total. The molecule has 6 N–H and O–H groups in total. The van der Waals surface area contributed by atoms with E-state index >= 15 is 0 Å². The van der Waals surface area contributed by atoms with E-state index in [2.05, 4.69) is 35.7 Å². The maximum Gasteiger partial charge on any atom is 0.187 e. The fourth-order valence-corrected chi connectivity index (χ4v) is 6.43. The molecule has 4 aliphatic rings. The van der Waals surface area contributed by atoms with E-state index in [1.54, 1.807) is 0 Å². The number of unbranched alkanes of at least 4 members (excludes halogenated alkanes) is 2. The van der Waals surface area contributed by atoms with Gasteiger partial charge in [0.2, 0.25) is 0 Å². The number of ketones is 1. The molecule has 0 unspecified atom stereocenters. The van der Waals surface area contributed by atoms with Gasteiger partial charge in [-0.3, -0.25) is 9.79 Å². The molecule has 6 rings (SSSR count). The van der Waals surface area contributed by atoms with Crippen molar-refractivity contribution in [3.8, 4) is 35.4 Å². The maximum atomic E-state index is 12.7. The Hall–Kier alpha value is -4.38. The molecule has 47 heavy (non-hydrogen) atoms. The van der Waals surface area contributed by atoms with Crippen LogP contribution in [0.4, 0.5) is 0 Å². The summed E-state index contributed by atoms with van der Waals surface area (Å²) >= 11 is 0. The van der Waals surface area contributed by atoms with Gasteiger partial charge in [0.25, 0.3) is 0 Å². The fourth-order valence-electron chi connectivity index (χ4n) is 6.43. The van der Waals surface area contributed by atoms with Crippen LogP contribution in [0.2, 0.25) is 0 Å². The van der Waals surface area contributed by atoms with Crippen LogP contribution < -0.4 is 20.9 Å². The van der Waals surface area contributed by atoms with Gasteiger partial charge in [-0.15, -0.1) is 0 Å². The molecule has 0 saturated carbocycles. The van der Waals surface area contributed by atoms with Crippen molar-refractivity contribution in [3.63, 3.8) is 0 Å². The Morgan fingerprint density at radius 2 is 2.02 bits per heavy atom. The summed E-state index contributed by atoms with van der Waals surface area (Å²) in [5.74, 6) is 10.1. The van der Waals surface area contributed by atoms with Gasteiger partial charge in [-0.2, -0.15) is 0 Å². The second-order valence-corrected chi connectivity index (χ2v) is 12.7. The summed E-state index contributed by atoms with van der Waals surface area (Å²) in [7, 11) is 0. The zero-order valence-electron chi connectivity index (χ0n) is 26.7. The number of nitrogens with two attached hydrogens (primary N) is 2. The quantitative estimate of drug-likeness (QED) is 0.172. The van der Waals surface area contributed by atoms with Crippen molar-refractivity contribution in [2.75, 3.05) is 6.54 Å². The fraction of sp³-hybridized carbons (Fsp3) is 0.421. The summed E-state index contributed by atoms with van der Waals surface area (Å²) in [6.07, 6.45) is 9.48. The third-order valence-corrected chi connectivity index (χ3v) is 9.10. The molecule has 9 heteroatoms. The third kappa shape index (κ3) is 7.62. The van der Waals surface area contributed by atoms with E-state index < -0.39 is 30.5 Å². The van der Waals surface area contributed by atoms with Crippen LogP contribution in [0.5, 0.6) is 11.5 Å². The molecular weight excluding hydrogens is 592 g/mol. The summed E-state index contributed by atoms with van der Waals surface area (Å²) in [5.41, 5.74) is 18.3. The van der Waals surface area contributed by atoms with Gasteiger partial charge < -0.3 is 36.1 Å². The van der Waals surface area contributed by atoms with Gasteiger partial charge in [0.15, 0.2) is 17.7 Å². The Balaban J connectivity index is 1.28. The van der Waals surface area contributed by atoms with Gasteiger partial charge in [-0.25, -0.2) is 0 Å². The predicted octanol–water partition coefficient (Wildman–Crippen LogP) is 4.33. The molecule has 244 valence electrons. The molecule has 4 atom stereocenters. The number of hydrogen-bond donors (Lipinski definition) is 4. The van der Waals surface area contributed by atoms with Gasteiger partial charge in [0.05, 0.1) is 23.9 Å². The van der Waals surface area contributed by atoms with Gasteiger partial charge in [0, 0.05) is 43.8 Å². The minimum absolute atomic E-state index is 0.0392. The first kappa shape index (κ1) is 32.6. The normalized spacial score (nSPS) is 21.4. The Morgan fingerprint density at radius 3 is 2.85 bits per heavy atom. The van der Waals surface area contributed by atoms with E-state index in [0.717, 1.165) is 52.8 Å². The highest BCUT2D eigenvalue weighted by molar-refractivity contribution is 5.87. The number of fused-ring (bicyclic) bond motifs is 5. The number of carbonyl (C=O) groups excluding carboxylic acids is 1. The van der Waals surface area contributed by atoms with E-state index in [1.807, 2.05) is 48.8 Å². The average molecular weight is 635 g/mol. The molecule has 0 aromatic heterocycles. The largest absolute Gasteiger partial charge is 0.465 e. The van der Waals surface area contributed by atoms with Crippen LogP contribution in [0.3, 0.4) is 0 Å². The number of Topliss-reactive ketones (excluding diaryl/α,β-unsaturated/α-hetero) is 1. The Bertz CT molecular complexity index is 1740. The monoisotopic (exact) mass is 634 g/mol. The minimum Gasteiger partial charge on any atom is -0.465 e. The molecule has 2 bridgehead atoms. The maximum absolute atomic E-state index is 12.7. The van der Waals surface area contributed by atoms with Crippen molar-refractivity contribution < 1.29 is 24.5 Å². The Labute approximate surface area is 276 Å². The van der Waals surface area contributed by atoms with Crippen molar-refractivity contribution >= 4 is 12.0 Å². The smallest absolute Gasteiger partial charge is 0.187 e. The van der Waals surface area contributed by atoms with Crippen LogP contribution in [0.1, 0.15) is 86.4 Å². The van der Waals surface area contributed by atoms with E-state index in [0.29, 0.717) is 55.7 Å². The second-order valence-electron chi connectivity index (χ2n) is 12.7. The molecule has 0 radical (unpaired) electrons. The molecule has 0 amide bonds. The number of carbonyl (C=O) groups is 1. The molecule has 0 fully saturated rings. The number of benzene rings is 2. The minimum atomic E-state index is -1.05. The zero-order valence-corrected chi connectivity index (χ0v) is 26.7. The van der Waals surface area contributed by atoms with Crippen LogP contribution in [-0.4, -0.2) is 46.0 Å². The molecule has 2 aromatic carbocycles. The van der Waals surface area contributed by atoms with Crippen LogP contribution >= 0.6 is 0 Å². The summed E-state index contributed by atoms with van der Waals surface area (Å²) in [4.78, 5) is 19.5. The molecule has 2 aromatic rings. The van der Waals surface area contributed by atoms with E-state index in [-0.39, 0.29) is 12.2 Å². The number of rotatable bonds is 10. The first-order valence-corrected chi connectivity index (χ1v) is 16.5. The highest BCUT2D eigenvalue weighted by Gasteiger charge is 2.35. The Kier molecular flexibility index (Phi) is 10.1. The zero-order chi connectivity index (χ0) is 32.9. The van der Waals surface area contributed by atoms with Gasteiger partial charge in [0.1, 0.15) is 18.0 Å². The number of aliphatic hydroxyl groups is 2. The van der Waals surface area contributed by atoms with Crippen LogP contribution in [0, 0.1) is 29.8 Å². The van der Waals surface area contributed by atoms with E-state index in [9.17, 15) is 15.0 Å². The van der Waals surface area contributed by atoms with Crippen molar-refractivity contribution in [3.05, 3.63) is 81.7 Å². The van der Waals surface area contributed by atoms with Crippen LogP contribution in [0.25, 0.3) is 0 Å². The van der Waals surface area contributed by atoms with Crippen LogP contribution in [0.15, 0.2) is 64.4 Å². The first-order valence-electron chi connectivity index (χ1n) is 16.5. The first-order chi connectivity index (χ1) is 22.8. The highest BCUT2D eigenvalue weighted by atomic mass is 16.5. The predicted molar refractivity (Wildman–Crippen MR) is 180 cm³/mol. The number of aliphatic imine (C=N–C) groups is 1. The number of nitrogens with zero attached hydrogens (tertiary/aromatic N) is 2. The van der Waals surface area contributed by atoms with Crippen molar-refractivity contribution in [2.24, 2.45) is 22.4 Å². The molecule has 0 aliphatic carbocycles. The number of aliphatic hydroxyl groups excluding tert-OH is 2. The number of allylic oxidation sites excluding steroid dienone is 1.